The van der Waals surface area contributed by atoms with Crippen LogP contribution in [0, 0.1) is 6.92 Å². The summed E-state index contributed by atoms with van der Waals surface area (Å²) in [6, 6.07) is 7.02. The number of carboxylic acids is 1. The maximum Gasteiger partial charge on any atom is 0.372 e. The van der Waals surface area contributed by atoms with Crippen LogP contribution in [-0.2, 0) is 5.75 Å². The van der Waals surface area contributed by atoms with Crippen LogP contribution in [0.1, 0.15) is 21.9 Å². The number of nitrogen functional groups attached to an aromatic ring is 1. The number of anilines is 1. The van der Waals surface area contributed by atoms with E-state index in [0.717, 1.165) is 4.90 Å². The fraction of sp³-hybridized carbons (Fsp3) is 0.154. The fourth-order valence-electron chi connectivity index (χ4n) is 1.65. The van der Waals surface area contributed by atoms with E-state index >= 15 is 0 Å². The van der Waals surface area contributed by atoms with Crippen molar-refractivity contribution in [2.45, 2.75) is 17.6 Å². The van der Waals surface area contributed by atoms with Crippen LogP contribution in [-0.4, -0.2) is 11.1 Å². The number of halogens is 1. The first-order valence-corrected chi connectivity index (χ1v) is 6.84. The standard InChI is InChI=1S/C13H12ClNO3S/c1-7-5-8(18-11(7)13(16)17)6-19-12-9(14)3-2-4-10(12)15/h2-5H,6,15H2,1H3,(H,16,17). The van der Waals surface area contributed by atoms with Crippen LogP contribution >= 0.6 is 23.4 Å². The van der Waals surface area contributed by atoms with E-state index in [1.165, 1.54) is 11.8 Å². The Bertz CT molecular complexity index is 604. The number of carbonyl (C=O) groups is 1. The lowest BCUT2D eigenvalue weighted by atomic mass is 10.3. The Morgan fingerprint density at radius 3 is 2.84 bits per heavy atom. The highest BCUT2D eigenvalue weighted by Crippen LogP contribution is 2.35. The molecule has 1 aromatic carbocycles. The maximum absolute atomic E-state index is 10.9. The van der Waals surface area contributed by atoms with Crippen molar-refractivity contribution in [2.24, 2.45) is 0 Å². The van der Waals surface area contributed by atoms with E-state index in [0.29, 0.717) is 27.8 Å². The minimum Gasteiger partial charge on any atom is -0.475 e. The molecule has 0 unspecified atom stereocenters. The second-order valence-corrected chi connectivity index (χ2v) is 5.37. The number of aromatic carboxylic acids is 1. The van der Waals surface area contributed by atoms with Gasteiger partial charge in [0.25, 0.3) is 0 Å². The van der Waals surface area contributed by atoms with E-state index in [1.807, 2.05) is 0 Å². The van der Waals surface area contributed by atoms with E-state index in [4.69, 9.17) is 26.9 Å². The van der Waals surface area contributed by atoms with E-state index in [1.54, 1.807) is 31.2 Å². The summed E-state index contributed by atoms with van der Waals surface area (Å²) in [7, 11) is 0. The third-order valence-electron chi connectivity index (χ3n) is 2.52. The van der Waals surface area contributed by atoms with Crippen LogP contribution in [0.5, 0.6) is 0 Å². The van der Waals surface area contributed by atoms with E-state index in [-0.39, 0.29) is 5.76 Å². The summed E-state index contributed by atoms with van der Waals surface area (Å²) < 4.78 is 5.27. The molecule has 0 saturated carbocycles. The maximum atomic E-state index is 10.9. The van der Waals surface area contributed by atoms with Gasteiger partial charge in [-0.2, -0.15) is 0 Å². The number of hydrogen-bond acceptors (Lipinski definition) is 4. The molecule has 0 aliphatic rings. The van der Waals surface area contributed by atoms with Crippen molar-refractivity contribution in [1.29, 1.82) is 0 Å². The summed E-state index contributed by atoms with van der Waals surface area (Å²) in [5.74, 6) is -0.0323. The summed E-state index contributed by atoms with van der Waals surface area (Å²) >= 11 is 7.47. The molecule has 19 heavy (non-hydrogen) atoms. The van der Waals surface area contributed by atoms with Crippen molar-refractivity contribution >= 4 is 35.0 Å². The van der Waals surface area contributed by atoms with Crippen LogP contribution in [0.4, 0.5) is 5.69 Å². The van der Waals surface area contributed by atoms with Crippen LogP contribution in [0.15, 0.2) is 33.6 Å². The van der Waals surface area contributed by atoms with Gasteiger partial charge in [0.15, 0.2) is 0 Å². The van der Waals surface area contributed by atoms with Crippen molar-refractivity contribution in [3.63, 3.8) is 0 Å². The first kappa shape index (κ1) is 13.8. The van der Waals surface area contributed by atoms with Crippen LogP contribution in [0.3, 0.4) is 0 Å². The molecular formula is C13H12ClNO3S. The van der Waals surface area contributed by atoms with Gasteiger partial charge in [-0.15, -0.1) is 11.8 Å². The van der Waals surface area contributed by atoms with Crippen molar-refractivity contribution in [3.8, 4) is 0 Å². The molecule has 100 valence electrons. The number of benzene rings is 1. The number of furan rings is 1. The average molecular weight is 298 g/mol. The molecule has 0 aliphatic carbocycles. The van der Waals surface area contributed by atoms with Gasteiger partial charge in [-0.3, -0.25) is 0 Å². The Hall–Kier alpha value is -1.59. The van der Waals surface area contributed by atoms with Gasteiger partial charge >= 0.3 is 5.97 Å². The van der Waals surface area contributed by atoms with Gasteiger partial charge in [-0.05, 0) is 25.1 Å². The molecule has 2 aromatic rings. The predicted molar refractivity (Wildman–Crippen MR) is 75.8 cm³/mol. The first-order valence-electron chi connectivity index (χ1n) is 5.48. The van der Waals surface area contributed by atoms with Gasteiger partial charge in [0, 0.05) is 16.1 Å². The van der Waals surface area contributed by atoms with Gasteiger partial charge in [-0.25, -0.2) is 4.79 Å². The smallest absolute Gasteiger partial charge is 0.372 e. The Morgan fingerprint density at radius 1 is 1.53 bits per heavy atom. The molecule has 0 bridgehead atoms. The number of thioether (sulfide) groups is 1. The van der Waals surface area contributed by atoms with Gasteiger partial charge in [-0.1, -0.05) is 17.7 Å². The summed E-state index contributed by atoms with van der Waals surface area (Å²) in [5, 5.41) is 9.49. The molecule has 0 spiro atoms. The highest BCUT2D eigenvalue weighted by Gasteiger charge is 2.15. The molecule has 0 atom stereocenters. The van der Waals surface area contributed by atoms with E-state index in [2.05, 4.69) is 0 Å². The van der Waals surface area contributed by atoms with Crippen molar-refractivity contribution in [3.05, 3.63) is 46.4 Å². The van der Waals surface area contributed by atoms with E-state index < -0.39 is 5.97 Å². The van der Waals surface area contributed by atoms with Crippen molar-refractivity contribution in [1.82, 2.24) is 0 Å². The molecule has 0 radical (unpaired) electrons. The average Bonchev–Trinajstić information content (AvgIpc) is 2.70. The van der Waals surface area contributed by atoms with Gasteiger partial charge in [0.05, 0.1) is 10.8 Å². The largest absolute Gasteiger partial charge is 0.475 e. The van der Waals surface area contributed by atoms with Crippen LogP contribution in [0.2, 0.25) is 5.02 Å². The zero-order chi connectivity index (χ0) is 14.0. The third kappa shape index (κ3) is 3.05. The number of nitrogens with two attached hydrogens (primary N) is 1. The molecule has 6 heteroatoms. The monoisotopic (exact) mass is 297 g/mol. The third-order valence-corrected chi connectivity index (χ3v) is 4.12. The summed E-state index contributed by atoms with van der Waals surface area (Å²) in [4.78, 5) is 11.6. The molecular weight excluding hydrogens is 286 g/mol. The zero-order valence-corrected chi connectivity index (χ0v) is 11.7. The highest BCUT2D eigenvalue weighted by atomic mass is 35.5. The van der Waals surface area contributed by atoms with Crippen molar-refractivity contribution < 1.29 is 14.3 Å². The summed E-state index contributed by atoms with van der Waals surface area (Å²) in [6.45, 7) is 1.70. The number of aryl methyl sites for hydroxylation is 1. The Kier molecular flexibility index (Phi) is 4.07. The van der Waals surface area contributed by atoms with E-state index in [9.17, 15) is 4.79 Å². The molecule has 0 aliphatic heterocycles. The van der Waals surface area contributed by atoms with Gasteiger partial charge in [0.1, 0.15) is 5.76 Å². The van der Waals surface area contributed by atoms with Crippen LogP contribution in [0.25, 0.3) is 0 Å². The fourth-order valence-corrected chi connectivity index (χ4v) is 2.87. The quantitative estimate of drug-likeness (QED) is 0.663. The first-order chi connectivity index (χ1) is 8.99. The normalized spacial score (nSPS) is 10.6. The predicted octanol–water partition coefficient (Wildman–Crippen LogP) is 3.81. The molecule has 1 aromatic heterocycles. The molecule has 0 saturated heterocycles. The molecule has 0 fully saturated rings. The SMILES string of the molecule is Cc1cc(CSc2c(N)cccc2Cl)oc1C(=O)O. The Balaban J connectivity index is 2.15. The number of rotatable bonds is 4. The molecule has 0 amide bonds. The summed E-state index contributed by atoms with van der Waals surface area (Å²) in [6.07, 6.45) is 0. The molecule has 1 heterocycles. The summed E-state index contributed by atoms with van der Waals surface area (Å²) in [5.41, 5.74) is 7.04. The second-order valence-electron chi connectivity index (χ2n) is 3.98. The molecule has 2 rings (SSSR count). The Labute approximate surface area is 119 Å². The van der Waals surface area contributed by atoms with Crippen molar-refractivity contribution in [2.75, 3.05) is 5.73 Å². The lowest BCUT2D eigenvalue weighted by molar-refractivity contribution is 0.0659. The molecule has 3 N–H and O–H groups in total. The Morgan fingerprint density at radius 2 is 2.26 bits per heavy atom. The lowest BCUT2D eigenvalue weighted by Gasteiger charge is -2.05. The zero-order valence-electron chi connectivity index (χ0n) is 10.1. The minimum absolute atomic E-state index is 0.0252. The van der Waals surface area contributed by atoms with Gasteiger partial charge in [0.2, 0.25) is 5.76 Å². The van der Waals surface area contributed by atoms with Crippen LogP contribution < -0.4 is 5.73 Å². The molecule has 4 nitrogen and oxygen atoms in total. The second kappa shape index (κ2) is 5.59. The van der Waals surface area contributed by atoms with Gasteiger partial charge < -0.3 is 15.3 Å². The lowest BCUT2D eigenvalue weighted by Crippen LogP contribution is -1.95. The minimum atomic E-state index is -1.06. The topological polar surface area (TPSA) is 76.5 Å². The number of hydrogen-bond donors (Lipinski definition) is 2. The highest BCUT2D eigenvalue weighted by molar-refractivity contribution is 7.98. The number of carboxylic acid groups (broad SMARTS) is 1.